The van der Waals surface area contributed by atoms with E-state index < -0.39 is 17.9 Å². The van der Waals surface area contributed by atoms with Crippen LogP contribution >= 0.6 is 0 Å². The number of carbonyl (C=O) groups is 1. The molecule has 1 saturated heterocycles. The fourth-order valence-corrected chi connectivity index (χ4v) is 1.66. The molecule has 0 unspecified atom stereocenters. The second-order valence-corrected chi connectivity index (χ2v) is 4.20. The third-order valence-corrected chi connectivity index (χ3v) is 2.74. The summed E-state index contributed by atoms with van der Waals surface area (Å²) >= 11 is 0. The van der Waals surface area contributed by atoms with Gasteiger partial charge in [0.05, 0.1) is 0 Å². The Balaban J connectivity index is 2.63. The van der Waals surface area contributed by atoms with Crippen molar-refractivity contribution in [2.75, 3.05) is 13.1 Å². The van der Waals surface area contributed by atoms with Gasteiger partial charge in [-0.25, -0.2) is 0 Å². The Bertz CT molecular complexity index is 316. The average Bonchev–Trinajstić information content (AvgIpc) is 2.52. The Morgan fingerprint density at radius 2 is 1.44 bits per heavy atom. The van der Waals surface area contributed by atoms with Crippen LogP contribution in [0.15, 0.2) is 12.3 Å². The molecule has 1 heterocycles. The van der Waals surface area contributed by atoms with Crippen LogP contribution in [0.2, 0.25) is 0 Å². The van der Waals surface area contributed by atoms with Gasteiger partial charge in [0.25, 0.3) is 0 Å². The number of hydrogen-bond acceptors (Lipinski definition) is 2. The van der Waals surface area contributed by atoms with Gasteiger partial charge in [-0.2, -0.15) is 22.0 Å². The van der Waals surface area contributed by atoms with Gasteiger partial charge in [0.1, 0.15) is 0 Å². The highest BCUT2D eigenvalue weighted by molar-refractivity contribution is 5.96. The van der Waals surface area contributed by atoms with Crippen LogP contribution < -0.4 is 0 Å². The fourth-order valence-electron chi connectivity index (χ4n) is 1.66. The molecule has 1 aliphatic heterocycles. The maximum absolute atomic E-state index is 12.6. The average molecular weight is 271 g/mol. The molecule has 1 fully saturated rings. The van der Waals surface area contributed by atoms with Crippen LogP contribution in [-0.4, -0.2) is 35.9 Å². The maximum Gasteiger partial charge on any atom is 0.461 e. The number of alkyl halides is 5. The molecule has 0 atom stereocenters. The van der Waals surface area contributed by atoms with Crippen LogP contribution in [0.5, 0.6) is 0 Å². The summed E-state index contributed by atoms with van der Waals surface area (Å²) in [6.45, 7) is 1.14. The number of halogens is 5. The highest BCUT2D eigenvalue weighted by Crippen LogP contribution is 2.36. The summed E-state index contributed by atoms with van der Waals surface area (Å²) in [4.78, 5) is 12.5. The molecule has 0 aromatic rings. The van der Waals surface area contributed by atoms with Crippen molar-refractivity contribution in [3.05, 3.63) is 12.3 Å². The third kappa shape index (κ3) is 3.68. The van der Waals surface area contributed by atoms with Gasteiger partial charge in [-0.05, 0) is 12.8 Å². The molecule has 104 valence electrons. The summed E-state index contributed by atoms with van der Waals surface area (Å²) in [7, 11) is 0. The quantitative estimate of drug-likeness (QED) is 0.580. The molecule has 18 heavy (non-hydrogen) atoms. The molecular formula is C11H14F5NO. The zero-order chi connectivity index (χ0) is 13.8. The van der Waals surface area contributed by atoms with Crippen molar-refractivity contribution in [3.63, 3.8) is 0 Å². The second kappa shape index (κ2) is 5.67. The Labute approximate surface area is 101 Å². The smallest absolute Gasteiger partial charge is 0.377 e. The van der Waals surface area contributed by atoms with E-state index in [1.54, 1.807) is 4.90 Å². The van der Waals surface area contributed by atoms with Gasteiger partial charge in [0.2, 0.25) is 5.78 Å². The largest absolute Gasteiger partial charge is 0.461 e. The molecule has 0 radical (unpaired) electrons. The number of nitrogens with zero attached hydrogens (tertiary/aromatic N) is 1. The highest BCUT2D eigenvalue weighted by atomic mass is 19.4. The molecular weight excluding hydrogens is 257 g/mol. The first-order valence-corrected chi connectivity index (χ1v) is 5.66. The summed E-state index contributed by atoms with van der Waals surface area (Å²) in [5.74, 6) is -7.53. The van der Waals surface area contributed by atoms with Gasteiger partial charge < -0.3 is 4.90 Å². The molecule has 0 aromatic heterocycles. The first kappa shape index (κ1) is 14.9. The number of rotatable bonds is 3. The Morgan fingerprint density at radius 1 is 0.944 bits per heavy atom. The molecule has 1 aliphatic rings. The molecule has 0 aromatic carbocycles. The first-order valence-electron chi connectivity index (χ1n) is 5.66. The van der Waals surface area contributed by atoms with Gasteiger partial charge in [-0.1, -0.05) is 12.8 Å². The lowest BCUT2D eigenvalue weighted by molar-refractivity contribution is -0.266. The van der Waals surface area contributed by atoms with Crippen molar-refractivity contribution in [1.29, 1.82) is 0 Å². The molecule has 0 aliphatic carbocycles. The predicted octanol–water partition coefficient (Wildman–Crippen LogP) is 3.14. The molecule has 0 bridgehead atoms. The fraction of sp³-hybridized carbons (Fsp3) is 0.727. The lowest BCUT2D eigenvalue weighted by atomic mass is 10.2. The minimum absolute atomic E-state index is 0.318. The van der Waals surface area contributed by atoms with Gasteiger partial charge in [-0.3, -0.25) is 4.79 Å². The van der Waals surface area contributed by atoms with Crippen molar-refractivity contribution in [2.24, 2.45) is 0 Å². The van der Waals surface area contributed by atoms with Gasteiger partial charge in [0, 0.05) is 25.4 Å². The van der Waals surface area contributed by atoms with Crippen LogP contribution in [0.1, 0.15) is 25.7 Å². The van der Waals surface area contributed by atoms with Crippen LogP contribution in [0.3, 0.4) is 0 Å². The zero-order valence-corrected chi connectivity index (χ0v) is 9.64. The van der Waals surface area contributed by atoms with E-state index in [1.807, 2.05) is 0 Å². The number of hydrogen-bond donors (Lipinski definition) is 0. The summed E-state index contributed by atoms with van der Waals surface area (Å²) in [5.41, 5.74) is 0. The van der Waals surface area contributed by atoms with Gasteiger partial charge in [0.15, 0.2) is 0 Å². The van der Waals surface area contributed by atoms with E-state index in [0.29, 0.717) is 19.2 Å². The Morgan fingerprint density at radius 3 is 1.89 bits per heavy atom. The first-order chi connectivity index (χ1) is 8.25. The highest BCUT2D eigenvalue weighted by Gasteiger charge is 2.62. The van der Waals surface area contributed by atoms with Crippen molar-refractivity contribution in [2.45, 2.75) is 37.8 Å². The zero-order valence-electron chi connectivity index (χ0n) is 9.64. The van der Waals surface area contributed by atoms with E-state index in [9.17, 15) is 26.7 Å². The summed E-state index contributed by atoms with van der Waals surface area (Å²) < 4.78 is 60.9. The van der Waals surface area contributed by atoms with Crippen molar-refractivity contribution in [3.8, 4) is 0 Å². The van der Waals surface area contributed by atoms with Gasteiger partial charge in [-0.15, -0.1) is 0 Å². The number of likely N-dealkylation sites (tertiary alicyclic amines) is 1. The molecule has 2 nitrogen and oxygen atoms in total. The Hall–Kier alpha value is -1.14. The van der Waals surface area contributed by atoms with Crippen LogP contribution in [0.4, 0.5) is 22.0 Å². The normalized spacial score (nSPS) is 19.1. The monoisotopic (exact) mass is 271 g/mol. The minimum Gasteiger partial charge on any atom is -0.377 e. The molecule has 7 heteroatoms. The molecule has 0 saturated carbocycles. The summed E-state index contributed by atoms with van der Waals surface area (Å²) in [6.07, 6.45) is -0.810. The lowest BCUT2D eigenvalue weighted by Gasteiger charge is -2.19. The standard InChI is InChI=1S/C11H14F5NO/c12-10(13,11(14,15)16)9(18)5-8-17-6-3-1-2-4-7-17/h5,8H,1-4,6-7H2/b8-5+. The van der Waals surface area contributed by atoms with Crippen LogP contribution in [0, 0.1) is 0 Å². The van der Waals surface area contributed by atoms with Crippen molar-refractivity contribution >= 4 is 5.78 Å². The predicted molar refractivity (Wildman–Crippen MR) is 55.2 cm³/mol. The SMILES string of the molecule is O=C(/C=C/N1CCCCCC1)C(F)(F)C(F)(F)F. The van der Waals surface area contributed by atoms with E-state index in [4.69, 9.17) is 0 Å². The van der Waals surface area contributed by atoms with E-state index >= 15 is 0 Å². The number of ketones is 1. The molecule has 0 spiro atoms. The molecule has 1 rings (SSSR count). The maximum atomic E-state index is 12.6. The lowest BCUT2D eigenvalue weighted by Crippen LogP contribution is -2.43. The second-order valence-electron chi connectivity index (χ2n) is 4.20. The minimum atomic E-state index is -5.84. The topological polar surface area (TPSA) is 20.3 Å². The van der Waals surface area contributed by atoms with E-state index in [0.717, 1.165) is 31.9 Å². The van der Waals surface area contributed by atoms with Crippen LogP contribution in [0.25, 0.3) is 0 Å². The number of allylic oxidation sites excluding steroid dienone is 1. The molecule has 0 amide bonds. The Kier molecular flexibility index (Phi) is 4.70. The summed E-state index contributed by atoms with van der Waals surface area (Å²) in [6, 6.07) is 0. The molecule has 0 N–H and O–H groups in total. The van der Waals surface area contributed by atoms with Crippen LogP contribution in [-0.2, 0) is 4.79 Å². The number of carbonyl (C=O) groups excluding carboxylic acids is 1. The van der Waals surface area contributed by atoms with Gasteiger partial charge >= 0.3 is 12.1 Å². The van der Waals surface area contributed by atoms with Crippen molar-refractivity contribution < 1.29 is 26.7 Å². The van der Waals surface area contributed by atoms with E-state index in [1.165, 1.54) is 0 Å². The van der Waals surface area contributed by atoms with E-state index in [-0.39, 0.29) is 0 Å². The summed E-state index contributed by atoms with van der Waals surface area (Å²) in [5, 5.41) is 0. The van der Waals surface area contributed by atoms with E-state index in [2.05, 4.69) is 0 Å². The third-order valence-electron chi connectivity index (χ3n) is 2.74. The van der Waals surface area contributed by atoms with Crippen molar-refractivity contribution in [1.82, 2.24) is 4.90 Å².